The SMILES string of the molecule is CCc1c(C)nc(-c2cccc(F)c2)nc1N1CCN(C(=O)c2cccc3ccccc23)CC1. The van der Waals surface area contributed by atoms with Crippen molar-refractivity contribution < 1.29 is 9.18 Å². The van der Waals surface area contributed by atoms with E-state index < -0.39 is 0 Å². The number of hydrogen-bond acceptors (Lipinski definition) is 4. The Morgan fingerprint density at radius 3 is 2.44 bits per heavy atom. The van der Waals surface area contributed by atoms with Crippen molar-refractivity contribution in [3.63, 3.8) is 0 Å². The number of carbonyl (C=O) groups excluding carboxylic acids is 1. The molecule has 3 aromatic carbocycles. The average Bonchev–Trinajstić information content (AvgIpc) is 2.87. The van der Waals surface area contributed by atoms with Crippen LogP contribution in [0.2, 0.25) is 0 Å². The summed E-state index contributed by atoms with van der Waals surface area (Å²) in [7, 11) is 0. The molecular formula is C28H27FN4O. The van der Waals surface area contributed by atoms with E-state index in [2.05, 4.69) is 16.8 Å². The van der Waals surface area contributed by atoms with E-state index in [1.165, 1.54) is 12.1 Å². The minimum absolute atomic E-state index is 0.0616. The standard InChI is InChI=1S/C28H27FN4O/c1-3-23-19(2)30-26(21-10-6-11-22(29)18-21)31-27(23)32-14-16-33(17-15-32)28(34)25-13-7-9-20-8-4-5-12-24(20)25/h4-13,18H,3,14-17H2,1-2H3. The van der Waals surface area contributed by atoms with Crippen LogP contribution in [0.4, 0.5) is 10.2 Å². The molecule has 1 aromatic heterocycles. The van der Waals surface area contributed by atoms with Gasteiger partial charge in [-0.05, 0) is 42.3 Å². The molecule has 1 saturated heterocycles. The second kappa shape index (κ2) is 9.21. The maximum Gasteiger partial charge on any atom is 0.254 e. The molecule has 6 heteroatoms. The Morgan fingerprint density at radius 2 is 1.68 bits per heavy atom. The first-order valence-corrected chi connectivity index (χ1v) is 11.7. The Hall–Kier alpha value is -3.80. The summed E-state index contributed by atoms with van der Waals surface area (Å²) in [6.45, 7) is 6.67. The fraction of sp³-hybridized carbons (Fsp3) is 0.250. The monoisotopic (exact) mass is 454 g/mol. The van der Waals surface area contributed by atoms with Crippen LogP contribution in [0.15, 0.2) is 66.7 Å². The van der Waals surface area contributed by atoms with Crippen molar-refractivity contribution in [2.45, 2.75) is 20.3 Å². The number of piperazine rings is 1. The van der Waals surface area contributed by atoms with Crippen LogP contribution in [0, 0.1) is 12.7 Å². The highest BCUT2D eigenvalue weighted by Gasteiger charge is 2.26. The molecule has 0 spiro atoms. The smallest absolute Gasteiger partial charge is 0.254 e. The Kier molecular flexibility index (Phi) is 5.97. The molecule has 1 fully saturated rings. The second-order valence-corrected chi connectivity index (χ2v) is 8.60. The molecular weight excluding hydrogens is 427 g/mol. The van der Waals surface area contributed by atoms with Crippen LogP contribution < -0.4 is 4.90 Å². The zero-order chi connectivity index (χ0) is 23.7. The number of hydrogen-bond donors (Lipinski definition) is 0. The van der Waals surface area contributed by atoms with Gasteiger partial charge in [-0.3, -0.25) is 4.79 Å². The average molecular weight is 455 g/mol. The van der Waals surface area contributed by atoms with Crippen LogP contribution in [0.1, 0.15) is 28.5 Å². The summed E-state index contributed by atoms with van der Waals surface area (Å²) in [5.41, 5.74) is 3.40. The molecule has 4 aromatic rings. The molecule has 1 aliphatic rings. The quantitative estimate of drug-likeness (QED) is 0.422. The molecule has 0 saturated carbocycles. The topological polar surface area (TPSA) is 49.3 Å². The van der Waals surface area contributed by atoms with Gasteiger partial charge in [-0.2, -0.15) is 0 Å². The fourth-order valence-corrected chi connectivity index (χ4v) is 4.72. The van der Waals surface area contributed by atoms with Gasteiger partial charge in [0.1, 0.15) is 11.6 Å². The molecule has 5 rings (SSSR count). The molecule has 0 unspecified atom stereocenters. The van der Waals surface area contributed by atoms with Gasteiger partial charge in [-0.15, -0.1) is 0 Å². The summed E-state index contributed by atoms with van der Waals surface area (Å²) in [6.07, 6.45) is 0.805. The van der Waals surface area contributed by atoms with Crippen LogP contribution in [0.5, 0.6) is 0 Å². The van der Waals surface area contributed by atoms with Crippen LogP contribution in [0.25, 0.3) is 22.2 Å². The molecule has 1 aliphatic heterocycles. The Bertz CT molecular complexity index is 1360. The molecule has 172 valence electrons. The first kappa shape index (κ1) is 22.0. The summed E-state index contributed by atoms with van der Waals surface area (Å²) in [5, 5.41) is 2.05. The predicted octanol–water partition coefficient (Wildman–Crippen LogP) is 5.27. The van der Waals surface area contributed by atoms with Crippen molar-refractivity contribution >= 4 is 22.5 Å². The molecule has 5 nitrogen and oxygen atoms in total. The lowest BCUT2D eigenvalue weighted by Crippen LogP contribution is -2.49. The fourth-order valence-electron chi connectivity index (χ4n) is 4.72. The van der Waals surface area contributed by atoms with Gasteiger partial charge >= 0.3 is 0 Å². The van der Waals surface area contributed by atoms with Crippen molar-refractivity contribution in [3.05, 3.63) is 89.4 Å². The van der Waals surface area contributed by atoms with Gasteiger partial charge in [0.25, 0.3) is 5.91 Å². The number of amides is 1. The maximum absolute atomic E-state index is 13.8. The summed E-state index contributed by atoms with van der Waals surface area (Å²) >= 11 is 0. The minimum atomic E-state index is -0.305. The molecule has 34 heavy (non-hydrogen) atoms. The molecule has 0 aliphatic carbocycles. The predicted molar refractivity (Wildman–Crippen MR) is 134 cm³/mol. The molecule has 0 atom stereocenters. The Morgan fingerprint density at radius 1 is 0.941 bits per heavy atom. The van der Waals surface area contributed by atoms with E-state index in [-0.39, 0.29) is 11.7 Å². The second-order valence-electron chi connectivity index (χ2n) is 8.60. The number of nitrogens with zero attached hydrogens (tertiary/aromatic N) is 4. The van der Waals surface area contributed by atoms with Gasteiger partial charge in [0.2, 0.25) is 0 Å². The summed E-state index contributed by atoms with van der Waals surface area (Å²) < 4.78 is 13.8. The van der Waals surface area contributed by atoms with E-state index >= 15 is 0 Å². The molecule has 0 bridgehead atoms. The lowest BCUT2D eigenvalue weighted by Gasteiger charge is -2.36. The van der Waals surface area contributed by atoms with Crippen molar-refractivity contribution in [1.29, 1.82) is 0 Å². The molecule has 2 heterocycles. The number of anilines is 1. The maximum atomic E-state index is 13.8. The highest BCUT2D eigenvalue weighted by atomic mass is 19.1. The third-order valence-corrected chi connectivity index (χ3v) is 6.51. The van der Waals surface area contributed by atoms with Crippen LogP contribution in [-0.2, 0) is 6.42 Å². The zero-order valence-electron chi connectivity index (χ0n) is 19.5. The van der Waals surface area contributed by atoms with Crippen LogP contribution in [-0.4, -0.2) is 47.0 Å². The van der Waals surface area contributed by atoms with Gasteiger partial charge in [-0.1, -0.05) is 55.5 Å². The Balaban J connectivity index is 1.39. The normalized spacial score (nSPS) is 14.0. The number of carbonyl (C=O) groups is 1. The Labute approximate surface area is 198 Å². The summed E-state index contributed by atoms with van der Waals surface area (Å²) in [5.74, 6) is 1.16. The third-order valence-electron chi connectivity index (χ3n) is 6.51. The highest BCUT2D eigenvalue weighted by molar-refractivity contribution is 6.07. The van der Waals surface area contributed by atoms with Crippen molar-refractivity contribution in [3.8, 4) is 11.4 Å². The van der Waals surface area contributed by atoms with Gasteiger partial charge in [-0.25, -0.2) is 14.4 Å². The van der Waals surface area contributed by atoms with Crippen molar-refractivity contribution in [2.24, 2.45) is 0 Å². The van der Waals surface area contributed by atoms with Gasteiger partial charge in [0.05, 0.1) is 0 Å². The third kappa shape index (κ3) is 4.12. The first-order valence-electron chi connectivity index (χ1n) is 11.7. The summed E-state index contributed by atoms with van der Waals surface area (Å²) in [6, 6.07) is 20.3. The summed E-state index contributed by atoms with van der Waals surface area (Å²) in [4.78, 5) is 27.0. The zero-order valence-corrected chi connectivity index (χ0v) is 19.5. The lowest BCUT2D eigenvalue weighted by molar-refractivity contribution is 0.0748. The van der Waals surface area contributed by atoms with E-state index in [0.29, 0.717) is 37.6 Å². The van der Waals surface area contributed by atoms with Crippen molar-refractivity contribution in [2.75, 3.05) is 31.1 Å². The van der Waals surface area contributed by atoms with E-state index in [0.717, 1.165) is 39.8 Å². The van der Waals surface area contributed by atoms with Gasteiger partial charge in [0, 0.05) is 48.6 Å². The number of aromatic nitrogens is 2. The van der Waals surface area contributed by atoms with Gasteiger partial charge in [0.15, 0.2) is 5.82 Å². The number of benzene rings is 3. The van der Waals surface area contributed by atoms with Crippen LogP contribution >= 0.6 is 0 Å². The van der Waals surface area contributed by atoms with E-state index in [1.54, 1.807) is 6.07 Å². The lowest BCUT2D eigenvalue weighted by atomic mass is 10.0. The highest BCUT2D eigenvalue weighted by Crippen LogP contribution is 2.28. The number of aryl methyl sites for hydroxylation is 1. The van der Waals surface area contributed by atoms with Crippen LogP contribution in [0.3, 0.4) is 0 Å². The largest absolute Gasteiger partial charge is 0.353 e. The van der Waals surface area contributed by atoms with Crippen molar-refractivity contribution in [1.82, 2.24) is 14.9 Å². The molecule has 0 N–H and O–H groups in total. The number of fused-ring (bicyclic) bond motifs is 1. The molecule has 1 amide bonds. The van der Waals surface area contributed by atoms with Gasteiger partial charge < -0.3 is 9.80 Å². The van der Waals surface area contributed by atoms with E-state index in [9.17, 15) is 9.18 Å². The minimum Gasteiger partial charge on any atom is -0.353 e. The van der Waals surface area contributed by atoms with E-state index in [4.69, 9.17) is 4.98 Å². The number of halogens is 1. The van der Waals surface area contributed by atoms with E-state index in [1.807, 2.05) is 60.4 Å². The molecule has 0 radical (unpaired) electrons. The number of rotatable bonds is 4. The first-order chi connectivity index (χ1) is 16.5.